The monoisotopic (exact) mass is 329 g/mol. The summed E-state index contributed by atoms with van der Waals surface area (Å²) in [6.45, 7) is 6.83. The fourth-order valence-corrected chi connectivity index (χ4v) is 2.95. The van der Waals surface area contributed by atoms with Gasteiger partial charge < -0.3 is 9.09 Å². The van der Waals surface area contributed by atoms with Crippen LogP contribution in [0, 0.1) is 0 Å². The third-order valence-corrected chi connectivity index (χ3v) is 4.45. The van der Waals surface area contributed by atoms with Crippen LogP contribution in [0.5, 0.6) is 0 Å². The van der Waals surface area contributed by atoms with Gasteiger partial charge in [-0.2, -0.15) is 4.98 Å². The Bertz CT molecular complexity index is 753. The van der Waals surface area contributed by atoms with Crippen LogP contribution in [0.4, 0.5) is 0 Å². The lowest BCUT2D eigenvalue weighted by Gasteiger charge is -2.09. The van der Waals surface area contributed by atoms with Crippen LogP contribution in [0.25, 0.3) is 0 Å². The first-order valence-corrected chi connectivity index (χ1v) is 8.42. The fourth-order valence-electron chi connectivity index (χ4n) is 2.06. The van der Waals surface area contributed by atoms with Crippen molar-refractivity contribution in [2.45, 2.75) is 43.6 Å². The number of rotatable bonds is 6. The Morgan fingerprint density at radius 3 is 2.74 bits per heavy atom. The highest BCUT2D eigenvalue weighted by Crippen LogP contribution is 2.33. The second-order valence-corrected chi connectivity index (χ2v) is 6.87. The van der Waals surface area contributed by atoms with E-state index in [9.17, 15) is 0 Å². The molecule has 3 aromatic heterocycles. The molecule has 120 valence electrons. The van der Waals surface area contributed by atoms with Gasteiger partial charge in [-0.1, -0.05) is 36.8 Å². The van der Waals surface area contributed by atoms with Gasteiger partial charge in [0.2, 0.25) is 5.89 Å². The van der Waals surface area contributed by atoms with E-state index in [0.29, 0.717) is 12.4 Å². The fraction of sp³-hybridized carbons (Fsp3) is 0.375. The SMILES string of the molecule is CC(C)c1noc([C@H](C)Sc2nccn2Cc2ccccn2)n1. The molecule has 0 saturated carbocycles. The van der Waals surface area contributed by atoms with E-state index in [0.717, 1.165) is 16.7 Å². The second kappa shape index (κ2) is 6.95. The third kappa shape index (κ3) is 3.79. The van der Waals surface area contributed by atoms with E-state index in [1.54, 1.807) is 24.2 Å². The van der Waals surface area contributed by atoms with E-state index in [-0.39, 0.29) is 11.2 Å². The molecule has 3 aromatic rings. The molecule has 0 aliphatic carbocycles. The molecule has 1 atom stereocenters. The minimum Gasteiger partial charge on any atom is -0.338 e. The summed E-state index contributed by atoms with van der Waals surface area (Å²) < 4.78 is 7.44. The van der Waals surface area contributed by atoms with Gasteiger partial charge in [-0.25, -0.2) is 4.98 Å². The van der Waals surface area contributed by atoms with E-state index >= 15 is 0 Å². The summed E-state index contributed by atoms with van der Waals surface area (Å²) in [5, 5.41) is 4.97. The van der Waals surface area contributed by atoms with Crippen LogP contribution in [0.15, 0.2) is 46.5 Å². The number of aromatic nitrogens is 5. The summed E-state index contributed by atoms with van der Waals surface area (Å²) in [7, 11) is 0. The highest BCUT2D eigenvalue weighted by molar-refractivity contribution is 7.99. The van der Waals surface area contributed by atoms with Crippen molar-refractivity contribution in [2.75, 3.05) is 0 Å². The molecule has 0 spiro atoms. The maximum atomic E-state index is 5.36. The molecule has 3 heterocycles. The molecule has 0 fully saturated rings. The van der Waals surface area contributed by atoms with Crippen LogP contribution < -0.4 is 0 Å². The van der Waals surface area contributed by atoms with Crippen molar-refractivity contribution >= 4 is 11.8 Å². The highest BCUT2D eigenvalue weighted by Gasteiger charge is 2.19. The van der Waals surface area contributed by atoms with Crippen molar-refractivity contribution in [3.8, 4) is 0 Å². The molecule has 0 radical (unpaired) electrons. The van der Waals surface area contributed by atoms with Gasteiger partial charge in [-0.3, -0.25) is 4.98 Å². The zero-order chi connectivity index (χ0) is 16.2. The molecule has 0 N–H and O–H groups in total. The zero-order valence-electron chi connectivity index (χ0n) is 13.4. The summed E-state index contributed by atoms with van der Waals surface area (Å²) in [5.41, 5.74) is 1.000. The van der Waals surface area contributed by atoms with Crippen LogP contribution in [-0.2, 0) is 6.54 Å². The topological polar surface area (TPSA) is 69.6 Å². The summed E-state index contributed by atoms with van der Waals surface area (Å²) in [4.78, 5) is 13.2. The molecule has 0 aliphatic rings. The maximum absolute atomic E-state index is 5.36. The lowest BCUT2D eigenvalue weighted by molar-refractivity contribution is 0.373. The van der Waals surface area contributed by atoms with E-state index in [1.165, 1.54) is 0 Å². The minimum absolute atomic E-state index is 0.0416. The first-order chi connectivity index (χ1) is 11.1. The van der Waals surface area contributed by atoms with Gasteiger partial charge in [-0.05, 0) is 19.1 Å². The number of imidazole rings is 1. The summed E-state index contributed by atoms with van der Waals surface area (Å²) >= 11 is 1.60. The Kier molecular flexibility index (Phi) is 4.76. The number of nitrogens with zero attached hydrogens (tertiary/aromatic N) is 5. The van der Waals surface area contributed by atoms with E-state index in [2.05, 4.69) is 24.7 Å². The Hall–Kier alpha value is -2.15. The van der Waals surface area contributed by atoms with Crippen LogP contribution in [0.2, 0.25) is 0 Å². The number of hydrogen-bond donors (Lipinski definition) is 0. The lowest BCUT2D eigenvalue weighted by atomic mass is 10.2. The van der Waals surface area contributed by atoms with Crippen LogP contribution in [0.1, 0.15) is 49.3 Å². The minimum atomic E-state index is 0.0416. The van der Waals surface area contributed by atoms with Gasteiger partial charge in [0, 0.05) is 24.5 Å². The van der Waals surface area contributed by atoms with Crippen LogP contribution >= 0.6 is 11.8 Å². The Balaban J connectivity index is 1.71. The van der Waals surface area contributed by atoms with Crippen molar-refractivity contribution in [1.29, 1.82) is 0 Å². The first kappa shape index (κ1) is 15.7. The third-order valence-electron chi connectivity index (χ3n) is 3.34. The molecule has 0 saturated heterocycles. The Morgan fingerprint density at radius 2 is 2.04 bits per heavy atom. The van der Waals surface area contributed by atoms with Gasteiger partial charge >= 0.3 is 0 Å². The molecule has 0 aromatic carbocycles. The predicted molar refractivity (Wildman–Crippen MR) is 88.2 cm³/mol. The van der Waals surface area contributed by atoms with Crippen molar-refractivity contribution in [1.82, 2.24) is 24.7 Å². The predicted octanol–water partition coefficient (Wildman–Crippen LogP) is 3.69. The maximum Gasteiger partial charge on any atom is 0.239 e. The number of thioether (sulfide) groups is 1. The normalized spacial score (nSPS) is 12.7. The van der Waals surface area contributed by atoms with Gasteiger partial charge in [0.25, 0.3) is 0 Å². The average molecular weight is 329 g/mol. The van der Waals surface area contributed by atoms with E-state index < -0.39 is 0 Å². The molecule has 0 unspecified atom stereocenters. The molecule has 6 nitrogen and oxygen atoms in total. The van der Waals surface area contributed by atoms with Crippen molar-refractivity contribution in [3.05, 3.63) is 54.2 Å². The largest absolute Gasteiger partial charge is 0.338 e. The van der Waals surface area contributed by atoms with Crippen LogP contribution in [0.3, 0.4) is 0 Å². The molecule has 7 heteroatoms. The highest BCUT2D eigenvalue weighted by atomic mass is 32.2. The van der Waals surface area contributed by atoms with Crippen molar-refractivity contribution in [2.24, 2.45) is 0 Å². The molecule has 0 amide bonds. The summed E-state index contributed by atoms with van der Waals surface area (Å²) in [6.07, 6.45) is 5.55. The van der Waals surface area contributed by atoms with Crippen molar-refractivity contribution in [3.63, 3.8) is 0 Å². The molecule has 0 aliphatic heterocycles. The standard InChI is InChI=1S/C16H19N5OS/c1-11(2)14-19-15(22-20-14)12(3)23-16-18-8-9-21(16)10-13-6-4-5-7-17-13/h4-9,11-12H,10H2,1-3H3/t12-/m0/s1. The average Bonchev–Trinajstić information content (AvgIpc) is 3.18. The number of hydrogen-bond acceptors (Lipinski definition) is 6. The molecular weight excluding hydrogens is 310 g/mol. The lowest BCUT2D eigenvalue weighted by Crippen LogP contribution is -2.03. The van der Waals surface area contributed by atoms with Gasteiger partial charge in [0.1, 0.15) is 0 Å². The second-order valence-electron chi connectivity index (χ2n) is 5.56. The quantitative estimate of drug-likeness (QED) is 0.642. The number of pyridine rings is 1. The van der Waals surface area contributed by atoms with Crippen molar-refractivity contribution < 1.29 is 4.52 Å². The summed E-state index contributed by atoms with van der Waals surface area (Å²) in [6, 6.07) is 5.91. The zero-order valence-corrected chi connectivity index (χ0v) is 14.2. The van der Waals surface area contributed by atoms with Gasteiger partial charge in [0.05, 0.1) is 17.5 Å². The van der Waals surface area contributed by atoms with E-state index in [4.69, 9.17) is 4.52 Å². The first-order valence-electron chi connectivity index (χ1n) is 7.54. The smallest absolute Gasteiger partial charge is 0.239 e. The van der Waals surface area contributed by atoms with Gasteiger partial charge in [0.15, 0.2) is 11.0 Å². The molecular formula is C16H19N5OS. The Labute approximate surface area is 139 Å². The molecule has 0 bridgehead atoms. The molecule has 3 rings (SSSR count). The van der Waals surface area contributed by atoms with Gasteiger partial charge in [-0.15, -0.1) is 0 Å². The summed E-state index contributed by atoms with van der Waals surface area (Å²) in [5.74, 6) is 1.63. The van der Waals surface area contributed by atoms with E-state index in [1.807, 2.05) is 45.2 Å². The Morgan fingerprint density at radius 1 is 1.17 bits per heavy atom. The van der Waals surface area contributed by atoms with Crippen LogP contribution in [-0.4, -0.2) is 24.7 Å². The molecule has 23 heavy (non-hydrogen) atoms.